The first-order valence-electron chi connectivity index (χ1n) is 9.68. The van der Waals surface area contributed by atoms with E-state index in [0.29, 0.717) is 12.5 Å². The molecule has 1 aliphatic carbocycles. The van der Waals surface area contributed by atoms with Gasteiger partial charge in [-0.05, 0) is 55.0 Å². The van der Waals surface area contributed by atoms with E-state index in [4.69, 9.17) is 5.73 Å². The number of fused-ring (bicyclic) bond motifs is 1. The largest absolute Gasteiger partial charge is 0.367 e. The molecule has 2 aromatic rings. The SMILES string of the molecule is NC[C@H]1CCC[C@H]1C(=O)Nc1ccccc1CN1CCc2ccccc21. The normalized spacial score (nSPS) is 21.7. The van der Waals surface area contributed by atoms with Crippen molar-refractivity contribution in [3.8, 4) is 0 Å². The van der Waals surface area contributed by atoms with Crippen molar-refractivity contribution in [3.05, 3.63) is 59.7 Å². The molecule has 1 fully saturated rings. The first-order valence-corrected chi connectivity index (χ1v) is 9.68. The number of nitrogens with one attached hydrogen (secondary N) is 1. The summed E-state index contributed by atoms with van der Waals surface area (Å²) in [5, 5.41) is 3.19. The molecule has 0 saturated heterocycles. The summed E-state index contributed by atoms with van der Waals surface area (Å²) in [6.45, 7) is 2.45. The van der Waals surface area contributed by atoms with Crippen LogP contribution in [0.5, 0.6) is 0 Å². The molecule has 2 atom stereocenters. The van der Waals surface area contributed by atoms with Gasteiger partial charge in [0.05, 0.1) is 0 Å². The van der Waals surface area contributed by atoms with Gasteiger partial charge in [-0.15, -0.1) is 0 Å². The summed E-state index contributed by atoms with van der Waals surface area (Å²) in [5.41, 5.74) is 10.7. The molecular weight excluding hydrogens is 322 g/mol. The van der Waals surface area contributed by atoms with Crippen molar-refractivity contribution in [1.29, 1.82) is 0 Å². The van der Waals surface area contributed by atoms with Crippen molar-refractivity contribution in [1.82, 2.24) is 0 Å². The van der Waals surface area contributed by atoms with E-state index < -0.39 is 0 Å². The van der Waals surface area contributed by atoms with Crippen molar-refractivity contribution in [2.24, 2.45) is 17.6 Å². The van der Waals surface area contributed by atoms with Crippen LogP contribution in [0.2, 0.25) is 0 Å². The summed E-state index contributed by atoms with van der Waals surface area (Å²) in [5.74, 6) is 0.514. The van der Waals surface area contributed by atoms with E-state index in [9.17, 15) is 4.79 Å². The highest BCUT2D eigenvalue weighted by atomic mass is 16.1. The maximum Gasteiger partial charge on any atom is 0.227 e. The number of carbonyl (C=O) groups is 1. The van der Waals surface area contributed by atoms with E-state index in [1.165, 1.54) is 16.8 Å². The van der Waals surface area contributed by atoms with Crippen LogP contribution in [0, 0.1) is 11.8 Å². The minimum Gasteiger partial charge on any atom is -0.367 e. The molecule has 0 bridgehead atoms. The Kier molecular flexibility index (Phi) is 4.93. The molecule has 4 nitrogen and oxygen atoms in total. The number of nitrogens with zero attached hydrogens (tertiary/aromatic N) is 1. The molecule has 1 amide bonds. The molecule has 1 aliphatic heterocycles. The van der Waals surface area contributed by atoms with E-state index in [2.05, 4.69) is 40.5 Å². The molecule has 3 N–H and O–H groups in total. The van der Waals surface area contributed by atoms with Gasteiger partial charge in [0.2, 0.25) is 5.91 Å². The lowest BCUT2D eigenvalue weighted by molar-refractivity contribution is -0.120. The maximum atomic E-state index is 12.8. The second kappa shape index (κ2) is 7.50. The van der Waals surface area contributed by atoms with Crippen LogP contribution in [0.3, 0.4) is 0 Å². The lowest BCUT2D eigenvalue weighted by atomic mass is 9.95. The molecular formula is C22H27N3O. The number of hydrogen-bond acceptors (Lipinski definition) is 3. The van der Waals surface area contributed by atoms with Gasteiger partial charge in [0.15, 0.2) is 0 Å². The van der Waals surface area contributed by atoms with Gasteiger partial charge in [-0.1, -0.05) is 42.8 Å². The summed E-state index contributed by atoms with van der Waals surface area (Å²) in [7, 11) is 0. The van der Waals surface area contributed by atoms with Crippen molar-refractivity contribution >= 4 is 17.3 Å². The zero-order chi connectivity index (χ0) is 17.9. The number of nitrogens with two attached hydrogens (primary N) is 1. The zero-order valence-corrected chi connectivity index (χ0v) is 15.2. The lowest BCUT2D eigenvalue weighted by Crippen LogP contribution is -2.30. The number of benzene rings is 2. The highest BCUT2D eigenvalue weighted by Crippen LogP contribution is 2.33. The first kappa shape index (κ1) is 17.1. The Hall–Kier alpha value is -2.33. The number of para-hydroxylation sites is 2. The Bertz CT molecular complexity index is 788. The third kappa shape index (κ3) is 3.34. The van der Waals surface area contributed by atoms with E-state index in [1.807, 2.05) is 18.2 Å². The molecule has 0 aromatic heterocycles. The van der Waals surface area contributed by atoms with Gasteiger partial charge in [-0.2, -0.15) is 0 Å². The smallest absolute Gasteiger partial charge is 0.227 e. The van der Waals surface area contributed by atoms with Crippen molar-refractivity contribution < 1.29 is 4.79 Å². The van der Waals surface area contributed by atoms with Crippen LogP contribution in [-0.2, 0) is 17.8 Å². The molecule has 1 saturated carbocycles. The Labute approximate surface area is 155 Å². The molecule has 136 valence electrons. The molecule has 26 heavy (non-hydrogen) atoms. The van der Waals surface area contributed by atoms with Gasteiger partial charge >= 0.3 is 0 Å². The van der Waals surface area contributed by atoms with Gasteiger partial charge in [0.1, 0.15) is 0 Å². The van der Waals surface area contributed by atoms with Gasteiger partial charge in [0, 0.05) is 30.4 Å². The summed E-state index contributed by atoms with van der Waals surface area (Å²) in [6.07, 6.45) is 4.22. The Morgan fingerprint density at radius 2 is 1.92 bits per heavy atom. The Balaban J connectivity index is 1.50. The second-order valence-electron chi connectivity index (χ2n) is 7.48. The van der Waals surface area contributed by atoms with E-state index in [-0.39, 0.29) is 11.8 Å². The monoisotopic (exact) mass is 349 g/mol. The zero-order valence-electron chi connectivity index (χ0n) is 15.2. The second-order valence-corrected chi connectivity index (χ2v) is 7.48. The molecule has 4 heteroatoms. The standard InChI is InChI=1S/C22H27N3O/c23-14-17-8-5-9-19(17)22(26)24-20-10-3-1-7-18(20)15-25-13-12-16-6-2-4-11-21(16)25/h1-4,6-7,10-11,17,19H,5,8-9,12-15,23H2,(H,24,26)/t17-,19-/m1/s1. The van der Waals surface area contributed by atoms with Gasteiger partial charge in [0.25, 0.3) is 0 Å². The number of anilines is 2. The third-order valence-corrected chi connectivity index (χ3v) is 5.92. The topological polar surface area (TPSA) is 58.4 Å². The van der Waals surface area contributed by atoms with Gasteiger partial charge in [-0.25, -0.2) is 0 Å². The summed E-state index contributed by atoms with van der Waals surface area (Å²) in [4.78, 5) is 15.2. The van der Waals surface area contributed by atoms with Crippen LogP contribution in [0.25, 0.3) is 0 Å². The summed E-state index contributed by atoms with van der Waals surface area (Å²) >= 11 is 0. The van der Waals surface area contributed by atoms with Crippen LogP contribution in [-0.4, -0.2) is 19.0 Å². The van der Waals surface area contributed by atoms with E-state index in [1.54, 1.807) is 0 Å². The molecule has 0 unspecified atom stereocenters. The molecule has 4 rings (SSSR count). The van der Waals surface area contributed by atoms with Crippen molar-refractivity contribution in [3.63, 3.8) is 0 Å². The fraction of sp³-hybridized carbons (Fsp3) is 0.409. The van der Waals surface area contributed by atoms with E-state index in [0.717, 1.165) is 44.5 Å². The quantitative estimate of drug-likeness (QED) is 0.868. The van der Waals surface area contributed by atoms with Gasteiger partial charge in [-0.3, -0.25) is 4.79 Å². The predicted molar refractivity (Wildman–Crippen MR) is 106 cm³/mol. The van der Waals surface area contributed by atoms with Crippen LogP contribution in [0.15, 0.2) is 48.5 Å². The summed E-state index contributed by atoms with van der Waals surface area (Å²) in [6, 6.07) is 16.8. The Morgan fingerprint density at radius 3 is 2.81 bits per heavy atom. The minimum absolute atomic E-state index is 0.0561. The molecule has 0 radical (unpaired) electrons. The number of rotatable bonds is 5. The number of hydrogen-bond donors (Lipinski definition) is 2. The first-order chi connectivity index (χ1) is 12.8. The van der Waals surface area contributed by atoms with Crippen LogP contribution >= 0.6 is 0 Å². The third-order valence-electron chi connectivity index (χ3n) is 5.92. The number of carbonyl (C=O) groups excluding carboxylic acids is 1. The Morgan fingerprint density at radius 1 is 1.12 bits per heavy atom. The average Bonchev–Trinajstić information content (AvgIpc) is 3.30. The van der Waals surface area contributed by atoms with Crippen LogP contribution in [0.4, 0.5) is 11.4 Å². The van der Waals surface area contributed by atoms with Crippen molar-refractivity contribution in [2.75, 3.05) is 23.3 Å². The predicted octanol–water partition coefficient (Wildman–Crippen LogP) is 3.56. The number of amides is 1. The van der Waals surface area contributed by atoms with Crippen LogP contribution in [0.1, 0.15) is 30.4 Å². The highest BCUT2D eigenvalue weighted by Gasteiger charge is 2.32. The lowest BCUT2D eigenvalue weighted by Gasteiger charge is -2.23. The molecule has 2 aliphatic rings. The van der Waals surface area contributed by atoms with Gasteiger partial charge < -0.3 is 16.0 Å². The summed E-state index contributed by atoms with van der Waals surface area (Å²) < 4.78 is 0. The van der Waals surface area contributed by atoms with E-state index >= 15 is 0 Å². The van der Waals surface area contributed by atoms with Crippen molar-refractivity contribution in [2.45, 2.75) is 32.2 Å². The fourth-order valence-electron chi connectivity index (χ4n) is 4.45. The molecule has 0 spiro atoms. The molecule has 2 aromatic carbocycles. The molecule has 1 heterocycles. The fourth-order valence-corrected chi connectivity index (χ4v) is 4.45. The van der Waals surface area contributed by atoms with Crippen LogP contribution < -0.4 is 16.0 Å². The minimum atomic E-state index is 0.0561. The average molecular weight is 349 g/mol. The highest BCUT2D eigenvalue weighted by molar-refractivity contribution is 5.93. The maximum absolute atomic E-state index is 12.8.